The van der Waals surface area contributed by atoms with Crippen molar-refractivity contribution in [3.8, 4) is 16.8 Å². The Kier molecular flexibility index (Phi) is 4.86. The summed E-state index contributed by atoms with van der Waals surface area (Å²) in [5.74, 6) is -0.114. The maximum absolute atomic E-state index is 13.4. The highest BCUT2D eigenvalue weighted by Gasteiger charge is 2.36. The van der Waals surface area contributed by atoms with Crippen LogP contribution >= 0.6 is 0 Å². The zero-order valence-electron chi connectivity index (χ0n) is 20.6. The second kappa shape index (κ2) is 7.90. The monoisotopic (exact) mass is 495 g/mol. The fourth-order valence-electron chi connectivity index (χ4n) is 5.21. The largest absolute Gasteiger partial charge is 0.383 e. The fraction of sp³-hybridized carbons (Fsp3) is 0.185. The third kappa shape index (κ3) is 3.37. The van der Waals surface area contributed by atoms with Crippen molar-refractivity contribution < 1.29 is 9.90 Å². The van der Waals surface area contributed by atoms with Crippen molar-refractivity contribution in [2.45, 2.75) is 26.0 Å². The number of para-hydroxylation sites is 1. The van der Waals surface area contributed by atoms with Crippen molar-refractivity contribution in [2.24, 2.45) is 7.05 Å². The van der Waals surface area contributed by atoms with Crippen LogP contribution in [-0.4, -0.2) is 34.9 Å². The Bertz CT molecular complexity index is 1770. The number of nitrogen functional groups attached to an aromatic ring is 1. The third-order valence-corrected chi connectivity index (χ3v) is 7.03. The van der Waals surface area contributed by atoms with Gasteiger partial charge in [-0.05, 0) is 37.6 Å². The lowest BCUT2D eigenvalue weighted by Gasteiger charge is -2.33. The quantitative estimate of drug-likeness (QED) is 0.353. The van der Waals surface area contributed by atoms with Crippen molar-refractivity contribution in [1.29, 1.82) is 0 Å². The Morgan fingerprint density at radius 1 is 1.14 bits per heavy atom. The molecule has 1 amide bonds. The number of hydrogen-bond acceptors (Lipinski definition) is 6. The number of nitrogens with zero attached hydrogens (tertiary/aromatic N) is 5. The topological polar surface area (TPSA) is 133 Å². The van der Waals surface area contributed by atoms with Crippen molar-refractivity contribution in [2.75, 3.05) is 11.1 Å². The van der Waals surface area contributed by atoms with Gasteiger partial charge in [-0.1, -0.05) is 30.3 Å². The summed E-state index contributed by atoms with van der Waals surface area (Å²) in [6, 6.07) is 14.5. The first-order valence-corrected chi connectivity index (χ1v) is 11.8. The first-order valence-electron chi connectivity index (χ1n) is 11.8. The highest BCUT2D eigenvalue weighted by Crippen LogP contribution is 2.34. The highest BCUT2D eigenvalue weighted by molar-refractivity contribution is 6.05. The Morgan fingerprint density at radius 2 is 1.86 bits per heavy atom. The van der Waals surface area contributed by atoms with Crippen LogP contribution in [0.25, 0.3) is 27.8 Å². The second-order valence-electron chi connectivity index (χ2n) is 9.57. The highest BCUT2D eigenvalue weighted by atomic mass is 16.3. The molecule has 37 heavy (non-hydrogen) atoms. The van der Waals surface area contributed by atoms with Crippen LogP contribution in [0.2, 0.25) is 0 Å². The molecule has 0 saturated carbocycles. The van der Waals surface area contributed by atoms with E-state index < -0.39 is 17.1 Å². The summed E-state index contributed by atoms with van der Waals surface area (Å²) in [7, 11) is 1.89. The van der Waals surface area contributed by atoms with Gasteiger partial charge < -0.3 is 20.7 Å². The molecule has 1 aliphatic rings. The lowest BCUT2D eigenvalue weighted by Crippen LogP contribution is -2.39. The van der Waals surface area contributed by atoms with Crippen molar-refractivity contribution in [3.63, 3.8) is 0 Å². The number of aryl methyl sites for hydroxylation is 1. The predicted molar refractivity (Wildman–Crippen MR) is 141 cm³/mol. The molecular weight excluding hydrogens is 470 g/mol. The van der Waals surface area contributed by atoms with Gasteiger partial charge in [0.2, 0.25) is 0 Å². The Labute approximate surface area is 211 Å². The Balaban J connectivity index is 1.34. The average Bonchev–Trinajstić information content (AvgIpc) is 3.33. The van der Waals surface area contributed by atoms with Crippen LogP contribution in [-0.2, 0) is 19.2 Å². The lowest BCUT2D eigenvalue weighted by atomic mass is 9.93. The fourth-order valence-corrected chi connectivity index (χ4v) is 5.21. The molecule has 5 aromatic rings. The number of nitrogens with one attached hydrogen (secondary N) is 1. The number of fused-ring (bicyclic) bond motifs is 4. The zero-order valence-corrected chi connectivity index (χ0v) is 20.6. The zero-order chi connectivity index (χ0) is 26.1. The second-order valence-corrected chi connectivity index (χ2v) is 9.57. The van der Waals surface area contributed by atoms with Gasteiger partial charge in [-0.15, -0.1) is 0 Å². The molecule has 0 fully saturated rings. The van der Waals surface area contributed by atoms with Gasteiger partial charge in [-0.3, -0.25) is 14.3 Å². The van der Waals surface area contributed by atoms with Crippen molar-refractivity contribution >= 4 is 28.4 Å². The number of aliphatic hydroxyl groups is 1. The molecule has 0 aliphatic carbocycles. The van der Waals surface area contributed by atoms with E-state index in [-0.39, 0.29) is 12.1 Å². The molecule has 3 aromatic heterocycles. The van der Waals surface area contributed by atoms with E-state index in [1.165, 1.54) is 11.0 Å². The van der Waals surface area contributed by atoms with Crippen LogP contribution in [0.5, 0.6) is 0 Å². The molecule has 4 heterocycles. The molecule has 0 radical (unpaired) electrons. The number of benzene rings is 2. The number of aromatic nitrogens is 5. The van der Waals surface area contributed by atoms with E-state index in [0.29, 0.717) is 28.5 Å². The van der Waals surface area contributed by atoms with Gasteiger partial charge in [0.25, 0.3) is 11.5 Å². The lowest BCUT2D eigenvalue weighted by molar-refractivity contribution is 0.0241. The SMILES string of the molecule is Cc1c(C(=O)Nc2ccc(-c3cn(C)c4ncnc(N)c34)cc2)c(=O)n2n1CC(C)(O)c1ccccc1-2. The van der Waals surface area contributed by atoms with E-state index in [9.17, 15) is 14.7 Å². The van der Waals surface area contributed by atoms with Crippen LogP contribution in [0.3, 0.4) is 0 Å². The molecule has 1 unspecified atom stereocenters. The van der Waals surface area contributed by atoms with Gasteiger partial charge in [0, 0.05) is 30.1 Å². The standard InChI is InChI=1S/C27H25N7O3/c1-15-21(26(36)34-20-7-5-4-6-19(20)27(2,37)13-33(15)34)25(35)31-17-10-8-16(9-11-17)18-12-32(3)24-22(18)23(28)29-14-30-24/h4-12,14,37H,13H2,1-3H3,(H,31,35)(H2,28,29,30). The molecule has 4 N–H and O–H groups in total. The number of hydrogen-bond donors (Lipinski definition) is 3. The van der Waals surface area contributed by atoms with Gasteiger partial charge in [0.1, 0.15) is 29.0 Å². The summed E-state index contributed by atoms with van der Waals surface area (Å²) in [4.78, 5) is 35.1. The summed E-state index contributed by atoms with van der Waals surface area (Å²) < 4.78 is 5.02. The van der Waals surface area contributed by atoms with Crippen LogP contribution in [0.4, 0.5) is 11.5 Å². The Morgan fingerprint density at radius 3 is 2.62 bits per heavy atom. The van der Waals surface area contributed by atoms with Gasteiger partial charge in [-0.2, -0.15) is 0 Å². The van der Waals surface area contributed by atoms with Crippen LogP contribution in [0, 0.1) is 6.92 Å². The summed E-state index contributed by atoms with van der Waals surface area (Å²) >= 11 is 0. The normalized spacial score (nSPS) is 16.4. The molecular formula is C27H25N7O3. The van der Waals surface area contributed by atoms with Crippen molar-refractivity contribution in [1.82, 2.24) is 23.9 Å². The molecule has 10 heteroatoms. The van der Waals surface area contributed by atoms with Crippen LogP contribution in [0.1, 0.15) is 28.5 Å². The predicted octanol–water partition coefficient (Wildman–Crippen LogP) is 2.95. The van der Waals surface area contributed by atoms with E-state index in [0.717, 1.165) is 22.2 Å². The molecule has 0 saturated heterocycles. The smallest absolute Gasteiger partial charge is 0.284 e. The van der Waals surface area contributed by atoms with E-state index in [4.69, 9.17) is 5.73 Å². The number of amides is 1. The molecule has 6 rings (SSSR count). The number of anilines is 2. The molecule has 0 bridgehead atoms. The maximum atomic E-state index is 13.4. The molecule has 10 nitrogen and oxygen atoms in total. The number of carbonyl (C=O) groups excluding carboxylic acids is 1. The molecule has 186 valence electrons. The van der Waals surface area contributed by atoms with Gasteiger partial charge in [0.05, 0.1) is 23.3 Å². The third-order valence-electron chi connectivity index (χ3n) is 7.03. The molecule has 1 atom stereocenters. The van der Waals surface area contributed by atoms with E-state index >= 15 is 0 Å². The minimum Gasteiger partial charge on any atom is -0.383 e. The first-order chi connectivity index (χ1) is 17.7. The minimum absolute atomic E-state index is 0.0376. The van der Waals surface area contributed by atoms with Crippen LogP contribution < -0.4 is 16.6 Å². The summed E-state index contributed by atoms with van der Waals surface area (Å²) in [5.41, 5.74) is 9.28. The number of carbonyl (C=O) groups is 1. The average molecular weight is 496 g/mol. The summed E-state index contributed by atoms with van der Waals surface area (Å²) in [6.45, 7) is 3.58. The van der Waals surface area contributed by atoms with E-state index in [2.05, 4.69) is 15.3 Å². The van der Waals surface area contributed by atoms with Gasteiger partial charge in [0.15, 0.2) is 0 Å². The van der Waals surface area contributed by atoms with Crippen LogP contribution in [0.15, 0.2) is 65.8 Å². The molecule has 1 aliphatic heterocycles. The maximum Gasteiger partial charge on any atom is 0.284 e. The molecule has 0 spiro atoms. The summed E-state index contributed by atoms with van der Waals surface area (Å²) in [5, 5.41) is 14.6. The first kappa shape index (κ1) is 22.7. The van der Waals surface area contributed by atoms with Gasteiger partial charge in [-0.25, -0.2) is 14.6 Å². The van der Waals surface area contributed by atoms with E-state index in [1.54, 1.807) is 48.9 Å². The minimum atomic E-state index is -1.17. The van der Waals surface area contributed by atoms with E-state index in [1.807, 2.05) is 36.0 Å². The summed E-state index contributed by atoms with van der Waals surface area (Å²) in [6.07, 6.45) is 3.37. The van der Waals surface area contributed by atoms with Crippen molar-refractivity contribution in [3.05, 3.63) is 88.2 Å². The number of rotatable bonds is 3. The molecule has 2 aromatic carbocycles. The number of nitrogens with two attached hydrogens (primary N) is 1. The Hall–Kier alpha value is -4.70. The van der Waals surface area contributed by atoms with Gasteiger partial charge >= 0.3 is 0 Å².